The summed E-state index contributed by atoms with van der Waals surface area (Å²) in [6, 6.07) is 1.98. The molecule has 19 heavy (non-hydrogen) atoms. The molecule has 0 atom stereocenters. The molecule has 2 aromatic heterocycles. The van der Waals surface area contributed by atoms with Crippen molar-refractivity contribution in [1.82, 2.24) is 19.7 Å². The van der Waals surface area contributed by atoms with Gasteiger partial charge in [0.1, 0.15) is 11.5 Å². The van der Waals surface area contributed by atoms with E-state index in [9.17, 15) is 4.79 Å². The van der Waals surface area contributed by atoms with Crippen LogP contribution in [-0.2, 0) is 6.42 Å². The highest BCUT2D eigenvalue weighted by Crippen LogP contribution is 2.20. The Morgan fingerprint density at radius 3 is 2.89 bits per heavy atom. The number of amides is 1. The molecule has 2 N–H and O–H groups in total. The Kier molecular flexibility index (Phi) is 4.04. The molecule has 2 heterocycles. The molecular formula is C12H16BrN5O. The van der Waals surface area contributed by atoms with Gasteiger partial charge in [0, 0.05) is 23.1 Å². The third kappa shape index (κ3) is 3.04. The molecular weight excluding hydrogens is 310 g/mol. The predicted molar refractivity (Wildman–Crippen MR) is 76.2 cm³/mol. The van der Waals surface area contributed by atoms with Crippen LogP contribution in [0.2, 0.25) is 0 Å². The van der Waals surface area contributed by atoms with E-state index in [-0.39, 0.29) is 11.9 Å². The Labute approximate surface area is 119 Å². The Hall–Kier alpha value is -1.63. The van der Waals surface area contributed by atoms with Crippen LogP contribution in [0.25, 0.3) is 0 Å². The van der Waals surface area contributed by atoms with Gasteiger partial charge in [0.2, 0.25) is 5.95 Å². The van der Waals surface area contributed by atoms with E-state index in [0.29, 0.717) is 11.6 Å². The van der Waals surface area contributed by atoms with Gasteiger partial charge >= 0.3 is 0 Å². The fraction of sp³-hybridized carbons (Fsp3) is 0.417. The SMILES string of the molecule is CCc1nc(NC(=O)c2cc(Br)cn2C(C)C)n[nH]1. The molecule has 1 amide bonds. The van der Waals surface area contributed by atoms with Crippen molar-refractivity contribution in [2.24, 2.45) is 0 Å². The van der Waals surface area contributed by atoms with Crippen LogP contribution in [0, 0.1) is 0 Å². The molecule has 0 fully saturated rings. The molecule has 0 saturated heterocycles. The molecule has 0 unspecified atom stereocenters. The first kappa shape index (κ1) is 13.8. The molecule has 0 aromatic carbocycles. The number of carbonyl (C=O) groups excluding carboxylic acids is 1. The number of halogens is 1. The maximum atomic E-state index is 12.2. The number of nitrogens with zero attached hydrogens (tertiary/aromatic N) is 3. The van der Waals surface area contributed by atoms with Crippen LogP contribution < -0.4 is 5.32 Å². The molecule has 0 aliphatic heterocycles. The summed E-state index contributed by atoms with van der Waals surface area (Å²) >= 11 is 3.38. The van der Waals surface area contributed by atoms with Gasteiger partial charge in [-0.2, -0.15) is 4.98 Å². The smallest absolute Gasteiger partial charge is 0.274 e. The molecule has 0 bridgehead atoms. The van der Waals surface area contributed by atoms with Gasteiger partial charge in [-0.05, 0) is 35.8 Å². The number of hydrogen-bond acceptors (Lipinski definition) is 3. The second kappa shape index (κ2) is 5.56. The Bertz CT molecular complexity index is 587. The van der Waals surface area contributed by atoms with Gasteiger partial charge in [-0.1, -0.05) is 6.92 Å². The predicted octanol–water partition coefficient (Wildman–Crippen LogP) is 2.76. The van der Waals surface area contributed by atoms with Crippen molar-refractivity contribution in [2.75, 3.05) is 5.32 Å². The second-order valence-corrected chi connectivity index (χ2v) is 5.37. The number of aromatic nitrogens is 4. The largest absolute Gasteiger partial charge is 0.340 e. The monoisotopic (exact) mass is 325 g/mol. The van der Waals surface area contributed by atoms with E-state index in [0.717, 1.165) is 16.7 Å². The van der Waals surface area contributed by atoms with E-state index in [1.165, 1.54) is 0 Å². The van der Waals surface area contributed by atoms with Crippen LogP contribution in [0.15, 0.2) is 16.7 Å². The standard InChI is InChI=1S/C12H16BrN5O/c1-4-10-14-12(17-16-10)15-11(19)9-5-8(13)6-18(9)7(2)3/h5-7H,4H2,1-3H3,(H2,14,15,16,17,19). The fourth-order valence-corrected chi connectivity index (χ4v) is 2.17. The van der Waals surface area contributed by atoms with E-state index in [2.05, 4.69) is 36.4 Å². The highest BCUT2D eigenvalue weighted by atomic mass is 79.9. The lowest BCUT2D eigenvalue weighted by Crippen LogP contribution is -2.18. The Morgan fingerprint density at radius 2 is 2.32 bits per heavy atom. The average molecular weight is 326 g/mol. The maximum Gasteiger partial charge on any atom is 0.274 e. The van der Waals surface area contributed by atoms with Gasteiger partial charge in [-0.15, -0.1) is 5.10 Å². The number of anilines is 1. The summed E-state index contributed by atoms with van der Waals surface area (Å²) < 4.78 is 2.77. The van der Waals surface area contributed by atoms with Gasteiger partial charge in [0.25, 0.3) is 5.91 Å². The molecule has 2 aromatic rings. The first-order chi connectivity index (χ1) is 9.01. The van der Waals surface area contributed by atoms with Gasteiger partial charge in [-0.3, -0.25) is 15.2 Å². The van der Waals surface area contributed by atoms with Gasteiger partial charge in [0.05, 0.1) is 0 Å². The van der Waals surface area contributed by atoms with Crippen molar-refractivity contribution in [2.45, 2.75) is 33.2 Å². The molecule has 6 nitrogen and oxygen atoms in total. The lowest BCUT2D eigenvalue weighted by molar-refractivity contribution is 0.101. The normalized spacial score (nSPS) is 11.0. The minimum absolute atomic E-state index is 0.199. The summed E-state index contributed by atoms with van der Waals surface area (Å²) in [7, 11) is 0. The van der Waals surface area contributed by atoms with E-state index < -0.39 is 0 Å². The molecule has 0 radical (unpaired) electrons. The number of aryl methyl sites for hydroxylation is 1. The molecule has 0 saturated carbocycles. The summed E-state index contributed by atoms with van der Waals surface area (Å²) in [6.45, 7) is 6.00. The number of aromatic amines is 1. The van der Waals surface area contributed by atoms with Gasteiger partial charge in [0.15, 0.2) is 0 Å². The Morgan fingerprint density at radius 1 is 1.58 bits per heavy atom. The van der Waals surface area contributed by atoms with E-state index in [1.807, 2.05) is 31.5 Å². The highest BCUT2D eigenvalue weighted by molar-refractivity contribution is 9.10. The quantitative estimate of drug-likeness (QED) is 0.907. The first-order valence-electron chi connectivity index (χ1n) is 6.11. The zero-order valence-corrected chi connectivity index (χ0v) is 12.7. The number of hydrogen-bond donors (Lipinski definition) is 2. The molecule has 0 aliphatic carbocycles. The average Bonchev–Trinajstić information content (AvgIpc) is 2.95. The molecule has 0 spiro atoms. The zero-order chi connectivity index (χ0) is 14.0. The molecule has 2 rings (SSSR count). The van der Waals surface area contributed by atoms with Crippen LogP contribution in [0.5, 0.6) is 0 Å². The molecule has 0 aliphatic rings. The highest BCUT2D eigenvalue weighted by Gasteiger charge is 2.16. The summed E-state index contributed by atoms with van der Waals surface area (Å²) in [5.74, 6) is 0.825. The first-order valence-corrected chi connectivity index (χ1v) is 6.90. The van der Waals surface area contributed by atoms with E-state index in [4.69, 9.17) is 0 Å². The van der Waals surface area contributed by atoms with Crippen molar-refractivity contribution in [3.8, 4) is 0 Å². The molecule has 7 heteroatoms. The van der Waals surface area contributed by atoms with Crippen molar-refractivity contribution >= 4 is 27.8 Å². The maximum absolute atomic E-state index is 12.2. The van der Waals surface area contributed by atoms with E-state index in [1.54, 1.807) is 6.07 Å². The lowest BCUT2D eigenvalue weighted by atomic mass is 10.3. The summed E-state index contributed by atoms with van der Waals surface area (Å²) in [5.41, 5.74) is 0.574. The van der Waals surface area contributed by atoms with Crippen molar-refractivity contribution in [3.05, 3.63) is 28.3 Å². The third-order valence-electron chi connectivity index (χ3n) is 2.70. The van der Waals surface area contributed by atoms with Gasteiger partial charge in [-0.25, -0.2) is 0 Å². The zero-order valence-electron chi connectivity index (χ0n) is 11.1. The Balaban J connectivity index is 2.20. The van der Waals surface area contributed by atoms with Crippen LogP contribution in [0.1, 0.15) is 43.1 Å². The molecule has 102 valence electrons. The number of rotatable bonds is 4. The number of nitrogens with one attached hydrogen (secondary N) is 2. The van der Waals surface area contributed by atoms with E-state index >= 15 is 0 Å². The summed E-state index contributed by atoms with van der Waals surface area (Å²) in [4.78, 5) is 16.4. The third-order valence-corrected chi connectivity index (χ3v) is 3.13. The van der Waals surface area contributed by atoms with Crippen LogP contribution in [0.3, 0.4) is 0 Å². The minimum atomic E-state index is -0.221. The van der Waals surface area contributed by atoms with Crippen LogP contribution >= 0.6 is 15.9 Å². The summed E-state index contributed by atoms with van der Waals surface area (Å²) in [5, 5.41) is 9.40. The number of carbonyl (C=O) groups is 1. The number of H-pyrrole nitrogens is 1. The van der Waals surface area contributed by atoms with Crippen molar-refractivity contribution in [3.63, 3.8) is 0 Å². The van der Waals surface area contributed by atoms with Crippen molar-refractivity contribution < 1.29 is 4.79 Å². The van der Waals surface area contributed by atoms with Crippen LogP contribution in [-0.4, -0.2) is 25.7 Å². The van der Waals surface area contributed by atoms with Gasteiger partial charge < -0.3 is 4.57 Å². The second-order valence-electron chi connectivity index (χ2n) is 4.46. The van der Waals surface area contributed by atoms with Crippen LogP contribution in [0.4, 0.5) is 5.95 Å². The lowest BCUT2D eigenvalue weighted by Gasteiger charge is -2.11. The van der Waals surface area contributed by atoms with Crippen molar-refractivity contribution in [1.29, 1.82) is 0 Å². The topological polar surface area (TPSA) is 75.6 Å². The summed E-state index contributed by atoms with van der Waals surface area (Å²) in [6.07, 6.45) is 2.63. The fourth-order valence-electron chi connectivity index (χ4n) is 1.73. The minimum Gasteiger partial charge on any atom is -0.340 e.